The third-order valence-electron chi connectivity index (χ3n) is 3.87. The van der Waals surface area contributed by atoms with Crippen LogP contribution in [0.4, 0.5) is 0 Å². The molecule has 1 aliphatic carbocycles. The summed E-state index contributed by atoms with van der Waals surface area (Å²) in [7, 11) is 0. The van der Waals surface area contributed by atoms with Crippen molar-refractivity contribution < 1.29 is 4.79 Å². The van der Waals surface area contributed by atoms with Gasteiger partial charge in [-0.2, -0.15) is 0 Å². The molecule has 0 unspecified atom stereocenters. The maximum atomic E-state index is 11.5. The van der Waals surface area contributed by atoms with E-state index in [1.165, 1.54) is 51.4 Å². The first kappa shape index (κ1) is 16.7. The molecule has 0 N–H and O–H groups in total. The highest BCUT2D eigenvalue weighted by Crippen LogP contribution is 2.32. The van der Waals surface area contributed by atoms with Crippen LogP contribution in [0.1, 0.15) is 85.5 Å². The van der Waals surface area contributed by atoms with Crippen molar-refractivity contribution in [2.24, 2.45) is 11.8 Å². The second-order valence-corrected chi connectivity index (χ2v) is 5.03. The van der Waals surface area contributed by atoms with E-state index in [1.54, 1.807) is 0 Å². The van der Waals surface area contributed by atoms with Gasteiger partial charge in [0.05, 0.1) is 0 Å². The second kappa shape index (κ2) is 10.8. The summed E-state index contributed by atoms with van der Waals surface area (Å²) < 4.78 is 0. The lowest BCUT2D eigenvalue weighted by atomic mass is 9.78. The van der Waals surface area contributed by atoms with E-state index in [0.717, 1.165) is 12.3 Å². The van der Waals surface area contributed by atoms with Crippen LogP contribution in [0.15, 0.2) is 0 Å². The van der Waals surface area contributed by atoms with Gasteiger partial charge >= 0.3 is 0 Å². The van der Waals surface area contributed by atoms with Crippen LogP contribution in [0.5, 0.6) is 0 Å². The molecule has 0 amide bonds. The summed E-state index contributed by atoms with van der Waals surface area (Å²) in [6.45, 7) is 8.26. The minimum absolute atomic E-state index is 0.414. The van der Waals surface area contributed by atoms with Gasteiger partial charge in [0.1, 0.15) is 5.78 Å². The Bertz CT molecular complexity index is 178. The van der Waals surface area contributed by atoms with Crippen LogP contribution in [-0.4, -0.2) is 5.78 Å². The summed E-state index contributed by atoms with van der Waals surface area (Å²) in [5, 5.41) is 0. The maximum Gasteiger partial charge on any atom is 0.135 e. The summed E-state index contributed by atoms with van der Waals surface area (Å²) in [5.74, 6) is 1.84. The largest absolute Gasteiger partial charge is 0.299 e. The normalized spacial score (nSPS) is 23.8. The van der Waals surface area contributed by atoms with Gasteiger partial charge in [-0.3, -0.25) is 4.79 Å². The zero-order valence-electron chi connectivity index (χ0n) is 12.4. The van der Waals surface area contributed by atoms with Crippen molar-refractivity contribution in [1.29, 1.82) is 0 Å². The number of unbranched alkanes of at least 4 members (excludes halogenated alkanes) is 2. The van der Waals surface area contributed by atoms with E-state index in [2.05, 4.69) is 6.92 Å². The number of ketones is 1. The Kier molecular flexibility index (Phi) is 10.6. The second-order valence-electron chi connectivity index (χ2n) is 5.03. The quantitative estimate of drug-likeness (QED) is 0.570. The SMILES string of the molecule is CC.CCCCCC1CCC(C(=O)CC)CC1. The van der Waals surface area contributed by atoms with Gasteiger partial charge in [0.15, 0.2) is 0 Å². The number of carbonyl (C=O) groups excluding carboxylic acids is 1. The van der Waals surface area contributed by atoms with Crippen molar-refractivity contribution in [1.82, 2.24) is 0 Å². The number of hydrogen-bond acceptors (Lipinski definition) is 1. The first-order chi connectivity index (χ1) is 8.27. The molecule has 17 heavy (non-hydrogen) atoms. The van der Waals surface area contributed by atoms with Crippen LogP contribution in [0.2, 0.25) is 0 Å². The smallest absolute Gasteiger partial charge is 0.135 e. The van der Waals surface area contributed by atoms with Crippen LogP contribution >= 0.6 is 0 Å². The fourth-order valence-corrected chi connectivity index (χ4v) is 2.74. The Morgan fingerprint density at radius 2 is 1.59 bits per heavy atom. The van der Waals surface area contributed by atoms with Gasteiger partial charge in [0.25, 0.3) is 0 Å². The van der Waals surface area contributed by atoms with Crippen molar-refractivity contribution in [3.8, 4) is 0 Å². The van der Waals surface area contributed by atoms with Crippen LogP contribution in [-0.2, 0) is 4.79 Å². The van der Waals surface area contributed by atoms with Crippen molar-refractivity contribution in [2.45, 2.75) is 85.5 Å². The van der Waals surface area contributed by atoms with E-state index < -0.39 is 0 Å². The van der Waals surface area contributed by atoms with Crippen molar-refractivity contribution in [3.63, 3.8) is 0 Å². The van der Waals surface area contributed by atoms with E-state index in [1.807, 2.05) is 20.8 Å². The van der Waals surface area contributed by atoms with E-state index >= 15 is 0 Å². The van der Waals surface area contributed by atoms with Crippen LogP contribution in [0.25, 0.3) is 0 Å². The van der Waals surface area contributed by atoms with Gasteiger partial charge in [0.2, 0.25) is 0 Å². The zero-order valence-corrected chi connectivity index (χ0v) is 12.4. The standard InChI is InChI=1S/C14H26O.C2H6/c1-3-5-6-7-12-8-10-13(11-9-12)14(15)4-2;1-2/h12-13H,3-11H2,1-2H3;1-2H3. The van der Waals surface area contributed by atoms with Crippen molar-refractivity contribution >= 4 is 5.78 Å². The average molecular weight is 240 g/mol. The fourth-order valence-electron chi connectivity index (χ4n) is 2.74. The first-order valence-electron chi connectivity index (χ1n) is 7.80. The van der Waals surface area contributed by atoms with E-state index in [9.17, 15) is 4.79 Å². The molecule has 0 aliphatic heterocycles. The summed E-state index contributed by atoms with van der Waals surface area (Å²) in [6.07, 6.45) is 11.2. The molecule has 0 atom stereocenters. The Labute approximate surface area is 108 Å². The molecule has 0 bridgehead atoms. The molecule has 0 spiro atoms. The molecule has 1 aliphatic rings. The molecule has 0 aromatic rings. The summed E-state index contributed by atoms with van der Waals surface area (Å²) in [5.41, 5.74) is 0. The number of hydrogen-bond donors (Lipinski definition) is 0. The third-order valence-corrected chi connectivity index (χ3v) is 3.87. The number of carbonyl (C=O) groups is 1. The minimum Gasteiger partial charge on any atom is -0.299 e. The minimum atomic E-state index is 0.414. The molecule has 0 saturated heterocycles. The lowest BCUT2D eigenvalue weighted by Crippen LogP contribution is -2.21. The predicted octanol–water partition coefficient (Wildman–Crippen LogP) is 5.38. The summed E-state index contributed by atoms with van der Waals surface area (Å²) in [4.78, 5) is 11.5. The lowest BCUT2D eigenvalue weighted by molar-refractivity contribution is -0.123. The number of rotatable bonds is 6. The topological polar surface area (TPSA) is 17.1 Å². The van der Waals surface area contributed by atoms with Crippen molar-refractivity contribution in [2.75, 3.05) is 0 Å². The molecular weight excluding hydrogens is 208 g/mol. The van der Waals surface area contributed by atoms with Gasteiger partial charge in [-0.1, -0.05) is 53.4 Å². The van der Waals surface area contributed by atoms with Gasteiger partial charge < -0.3 is 0 Å². The van der Waals surface area contributed by atoms with E-state index in [0.29, 0.717) is 11.7 Å². The monoisotopic (exact) mass is 240 g/mol. The Morgan fingerprint density at radius 3 is 2.06 bits per heavy atom. The highest BCUT2D eigenvalue weighted by atomic mass is 16.1. The highest BCUT2D eigenvalue weighted by Gasteiger charge is 2.24. The fraction of sp³-hybridized carbons (Fsp3) is 0.938. The first-order valence-corrected chi connectivity index (χ1v) is 7.80. The average Bonchev–Trinajstić information content (AvgIpc) is 2.41. The lowest BCUT2D eigenvalue weighted by Gasteiger charge is -2.27. The van der Waals surface area contributed by atoms with Gasteiger partial charge in [-0.25, -0.2) is 0 Å². The third kappa shape index (κ3) is 6.85. The van der Waals surface area contributed by atoms with E-state index in [4.69, 9.17) is 0 Å². The maximum absolute atomic E-state index is 11.5. The Morgan fingerprint density at radius 1 is 1.00 bits per heavy atom. The molecule has 102 valence electrons. The molecule has 1 saturated carbocycles. The molecule has 0 radical (unpaired) electrons. The van der Waals surface area contributed by atoms with Crippen molar-refractivity contribution in [3.05, 3.63) is 0 Å². The van der Waals surface area contributed by atoms with Gasteiger partial charge in [0, 0.05) is 12.3 Å². The number of Topliss-reactive ketones (excluding diaryl/α,β-unsaturated/α-hetero) is 1. The Balaban J connectivity index is 0.00000121. The van der Waals surface area contributed by atoms with Crippen LogP contribution in [0, 0.1) is 11.8 Å². The molecule has 1 fully saturated rings. The molecule has 0 aromatic heterocycles. The molecular formula is C16H32O. The predicted molar refractivity (Wildman–Crippen MR) is 76.2 cm³/mol. The van der Waals surface area contributed by atoms with E-state index in [-0.39, 0.29) is 0 Å². The molecule has 1 heteroatoms. The van der Waals surface area contributed by atoms with Crippen LogP contribution < -0.4 is 0 Å². The molecule has 1 nitrogen and oxygen atoms in total. The highest BCUT2D eigenvalue weighted by molar-refractivity contribution is 5.80. The summed E-state index contributed by atoms with van der Waals surface area (Å²) in [6, 6.07) is 0. The summed E-state index contributed by atoms with van der Waals surface area (Å²) >= 11 is 0. The molecule has 0 aromatic carbocycles. The van der Waals surface area contributed by atoms with Gasteiger partial charge in [-0.15, -0.1) is 0 Å². The Hall–Kier alpha value is -0.330. The molecule has 1 rings (SSSR count). The van der Waals surface area contributed by atoms with Crippen LogP contribution in [0.3, 0.4) is 0 Å². The van der Waals surface area contributed by atoms with Gasteiger partial charge in [-0.05, 0) is 31.6 Å². The zero-order chi connectivity index (χ0) is 13.1. The molecule has 0 heterocycles.